The Balaban J connectivity index is 2.35. The molecule has 0 aliphatic carbocycles. The van der Waals surface area contributed by atoms with Gasteiger partial charge in [-0.05, 0) is 12.5 Å². The fourth-order valence-corrected chi connectivity index (χ4v) is 1.27. The summed E-state index contributed by atoms with van der Waals surface area (Å²) in [5.74, 6) is 0. The first-order chi connectivity index (χ1) is 7.61. The van der Waals surface area contributed by atoms with Gasteiger partial charge in [0.1, 0.15) is 6.61 Å². The third-order valence-corrected chi connectivity index (χ3v) is 2.10. The van der Waals surface area contributed by atoms with Crippen molar-refractivity contribution in [3.8, 4) is 0 Å². The molecule has 16 heavy (non-hydrogen) atoms. The van der Waals surface area contributed by atoms with Crippen LogP contribution in [0.4, 0.5) is 14.5 Å². The highest BCUT2D eigenvalue weighted by Crippen LogP contribution is 2.19. The van der Waals surface area contributed by atoms with Gasteiger partial charge in [-0.3, -0.25) is 4.98 Å². The Labute approximate surface area is 92.6 Å². The highest BCUT2D eigenvalue weighted by molar-refractivity contribution is 5.45. The summed E-state index contributed by atoms with van der Waals surface area (Å²) in [5.41, 5.74) is 12.8. The molecule has 1 aromatic heterocycles. The van der Waals surface area contributed by atoms with E-state index in [0.29, 0.717) is 17.7 Å². The molecule has 1 heterocycles. The second kappa shape index (κ2) is 6.34. The molecule has 0 amide bonds. The Hall–Kier alpha value is -1.27. The zero-order valence-electron chi connectivity index (χ0n) is 8.77. The van der Waals surface area contributed by atoms with E-state index < -0.39 is 13.0 Å². The van der Waals surface area contributed by atoms with Gasteiger partial charge < -0.3 is 16.2 Å². The summed E-state index contributed by atoms with van der Waals surface area (Å²) in [7, 11) is 0. The van der Waals surface area contributed by atoms with Crippen LogP contribution in [0.2, 0.25) is 0 Å². The van der Waals surface area contributed by atoms with Gasteiger partial charge in [0.2, 0.25) is 0 Å². The van der Waals surface area contributed by atoms with E-state index in [2.05, 4.69) is 4.98 Å². The first-order valence-electron chi connectivity index (χ1n) is 4.92. The number of anilines is 1. The molecule has 1 rings (SSSR count). The van der Waals surface area contributed by atoms with Crippen LogP contribution in [0.1, 0.15) is 18.0 Å². The number of hydrogen-bond acceptors (Lipinski definition) is 4. The summed E-state index contributed by atoms with van der Waals surface area (Å²) in [6, 6.07) is 1.31. The quantitative estimate of drug-likeness (QED) is 0.724. The molecule has 0 aromatic carbocycles. The van der Waals surface area contributed by atoms with E-state index in [0.717, 1.165) is 0 Å². The fraction of sp³-hybridized carbons (Fsp3) is 0.500. The third kappa shape index (κ3) is 4.08. The summed E-state index contributed by atoms with van der Waals surface area (Å²) in [4.78, 5) is 3.90. The van der Waals surface area contributed by atoms with Gasteiger partial charge in [-0.25, -0.2) is 8.78 Å². The molecule has 0 fully saturated rings. The lowest BCUT2D eigenvalue weighted by molar-refractivity contribution is 0.0152. The van der Waals surface area contributed by atoms with Gasteiger partial charge in [0.15, 0.2) is 0 Å². The predicted molar refractivity (Wildman–Crippen MR) is 57.0 cm³/mol. The molecule has 6 heteroatoms. The molecule has 0 bridgehead atoms. The maximum absolute atomic E-state index is 11.8. The van der Waals surface area contributed by atoms with Crippen molar-refractivity contribution in [3.05, 3.63) is 24.0 Å². The minimum absolute atomic E-state index is 0.180. The van der Waals surface area contributed by atoms with Crippen LogP contribution < -0.4 is 11.5 Å². The van der Waals surface area contributed by atoms with Crippen molar-refractivity contribution < 1.29 is 13.5 Å². The molecule has 0 aliphatic rings. The number of hydrogen-bond donors (Lipinski definition) is 2. The van der Waals surface area contributed by atoms with Gasteiger partial charge in [0.05, 0.1) is 0 Å². The largest absolute Gasteiger partial charge is 0.398 e. The smallest absolute Gasteiger partial charge is 0.261 e. The lowest BCUT2D eigenvalue weighted by Crippen LogP contribution is -2.16. The van der Waals surface area contributed by atoms with Crippen LogP contribution in [0.25, 0.3) is 0 Å². The van der Waals surface area contributed by atoms with Crippen LogP contribution in [0.5, 0.6) is 0 Å². The number of alkyl halides is 2. The monoisotopic (exact) mass is 231 g/mol. The minimum Gasteiger partial charge on any atom is -0.398 e. The maximum Gasteiger partial charge on any atom is 0.261 e. The van der Waals surface area contributed by atoms with Crippen LogP contribution in [-0.4, -0.2) is 24.6 Å². The summed E-state index contributed by atoms with van der Waals surface area (Å²) < 4.78 is 28.3. The second-order valence-electron chi connectivity index (χ2n) is 3.37. The molecule has 1 atom stereocenters. The number of rotatable bonds is 6. The standard InChI is InChI=1S/C10H15F2N3O/c11-10(12)6-16-4-2-9(14)7-5-15-3-1-8(7)13/h1,3,5,9-10H,2,4,6,14H2,(H2,13,15). The Morgan fingerprint density at radius 2 is 2.19 bits per heavy atom. The summed E-state index contributed by atoms with van der Waals surface area (Å²) >= 11 is 0. The lowest BCUT2D eigenvalue weighted by atomic mass is 10.1. The van der Waals surface area contributed by atoms with Gasteiger partial charge in [-0.15, -0.1) is 0 Å². The molecule has 4 N–H and O–H groups in total. The number of nitrogen functional groups attached to an aromatic ring is 1. The molecule has 1 unspecified atom stereocenters. The Morgan fingerprint density at radius 3 is 2.81 bits per heavy atom. The maximum atomic E-state index is 11.8. The number of nitrogens with two attached hydrogens (primary N) is 2. The molecule has 0 radical (unpaired) electrons. The number of nitrogens with zero attached hydrogens (tertiary/aromatic N) is 1. The van der Waals surface area contributed by atoms with Crippen LogP contribution in [0.15, 0.2) is 18.5 Å². The molecule has 0 saturated carbocycles. The number of pyridine rings is 1. The average Bonchev–Trinajstić information content (AvgIpc) is 2.24. The molecule has 90 valence electrons. The summed E-state index contributed by atoms with van der Waals surface area (Å²) in [5, 5.41) is 0. The van der Waals surface area contributed by atoms with Crippen molar-refractivity contribution in [1.29, 1.82) is 0 Å². The van der Waals surface area contributed by atoms with Gasteiger partial charge in [0.25, 0.3) is 6.43 Å². The first kappa shape index (κ1) is 12.8. The van der Waals surface area contributed by atoms with Crippen LogP contribution in [-0.2, 0) is 4.74 Å². The number of aromatic nitrogens is 1. The zero-order valence-corrected chi connectivity index (χ0v) is 8.77. The van der Waals surface area contributed by atoms with E-state index in [9.17, 15) is 8.78 Å². The van der Waals surface area contributed by atoms with Crippen molar-refractivity contribution in [3.63, 3.8) is 0 Å². The topological polar surface area (TPSA) is 74.2 Å². The van der Waals surface area contributed by atoms with Crippen molar-refractivity contribution in [1.82, 2.24) is 4.98 Å². The van der Waals surface area contributed by atoms with Crippen molar-refractivity contribution in [2.75, 3.05) is 18.9 Å². The molecular formula is C10H15F2N3O. The van der Waals surface area contributed by atoms with Gasteiger partial charge in [-0.2, -0.15) is 0 Å². The molecule has 0 spiro atoms. The average molecular weight is 231 g/mol. The Kier molecular flexibility index (Phi) is 5.07. The van der Waals surface area contributed by atoms with E-state index in [1.807, 2.05) is 0 Å². The van der Waals surface area contributed by atoms with Crippen molar-refractivity contribution in [2.45, 2.75) is 18.9 Å². The van der Waals surface area contributed by atoms with Gasteiger partial charge >= 0.3 is 0 Å². The van der Waals surface area contributed by atoms with E-state index in [1.54, 1.807) is 18.5 Å². The predicted octanol–water partition coefficient (Wildman–Crippen LogP) is 1.34. The molecule has 0 saturated heterocycles. The number of ether oxygens (including phenoxy) is 1. The minimum atomic E-state index is -2.44. The SMILES string of the molecule is Nc1ccncc1C(N)CCOCC(F)F. The first-order valence-corrected chi connectivity index (χ1v) is 4.92. The molecule has 0 aliphatic heterocycles. The van der Waals surface area contributed by atoms with Crippen LogP contribution in [0.3, 0.4) is 0 Å². The zero-order chi connectivity index (χ0) is 12.0. The third-order valence-electron chi connectivity index (χ3n) is 2.10. The number of halogens is 2. The van der Waals surface area contributed by atoms with E-state index in [4.69, 9.17) is 16.2 Å². The van der Waals surface area contributed by atoms with E-state index >= 15 is 0 Å². The summed E-state index contributed by atoms with van der Waals surface area (Å²) in [6.45, 7) is -0.380. The van der Waals surface area contributed by atoms with Crippen molar-refractivity contribution >= 4 is 5.69 Å². The second-order valence-corrected chi connectivity index (χ2v) is 3.37. The summed E-state index contributed by atoms with van der Waals surface area (Å²) in [6.07, 6.45) is 1.13. The molecule has 1 aromatic rings. The van der Waals surface area contributed by atoms with E-state index in [-0.39, 0.29) is 12.6 Å². The van der Waals surface area contributed by atoms with Gasteiger partial charge in [0, 0.05) is 36.3 Å². The Morgan fingerprint density at radius 1 is 1.44 bits per heavy atom. The molecule has 4 nitrogen and oxygen atoms in total. The fourth-order valence-electron chi connectivity index (χ4n) is 1.27. The van der Waals surface area contributed by atoms with Crippen molar-refractivity contribution in [2.24, 2.45) is 5.73 Å². The van der Waals surface area contributed by atoms with Crippen LogP contribution >= 0.6 is 0 Å². The highest BCUT2D eigenvalue weighted by atomic mass is 19.3. The highest BCUT2D eigenvalue weighted by Gasteiger charge is 2.10. The lowest BCUT2D eigenvalue weighted by Gasteiger charge is -2.13. The van der Waals surface area contributed by atoms with Gasteiger partial charge in [-0.1, -0.05) is 0 Å². The van der Waals surface area contributed by atoms with Crippen LogP contribution in [0, 0.1) is 0 Å². The normalized spacial score (nSPS) is 13.0. The molecular weight excluding hydrogens is 216 g/mol. The Bertz CT molecular complexity index is 323. The van der Waals surface area contributed by atoms with E-state index in [1.165, 1.54) is 0 Å².